The summed E-state index contributed by atoms with van der Waals surface area (Å²) in [4.78, 5) is 67.9. The van der Waals surface area contributed by atoms with Crippen LogP contribution < -0.4 is 24.4 Å². The Kier molecular flexibility index (Phi) is 27.1. The van der Waals surface area contributed by atoms with Gasteiger partial charge >= 0.3 is 0 Å². The average molecular weight is 2020 g/mol. The molecule has 6 aromatic rings. The molecule has 0 aromatic heterocycles. The number of ketones is 5. The number of carbonyl (C=O) groups is 5. The number of alkyl halides is 6. The van der Waals surface area contributed by atoms with Crippen molar-refractivity contribution >= 4 is 40.3 Å². The van der Waals surface area contributed by atoms with Crippen LogP contribution in [0.3, 0.4) is 0 Å². The zero-order valence-electron chi connectivity index (χ0n) is 85.4. The van der Waals surface area contributed by atoms with Gasteiger partial charge in [-0.15, -0.1) is 0 Å². The number of allylic oxidation sites excluding steroid dienone is 13. The van der Waals surface area contributed by atoms with E-state index in [4.69, 9.17) is 42.6 Å². The minimum Gasteiger partial charge on any atom is -0.495 e. The fraction of sp³-hybridized carbons (Fsp3) is 0.534. The van der Waals surface area contributed by atoms with Crippen LogP contribution >= 0.6 is 0 Å². The molecule has 15 aliphatic rings. The molecule has 21 rings (SSSR count). The Morgan fingerprint density at radius 1 is 0.452 bits per heavy atom. The van der Waals surface area contributed by atoms with Crippen LogP contribution in [0.1, 0.15) is 204 Å². The number of benzene rings is 6. The molecule has 7 N–H and O–H groups in total. The van der Waals surface area contributed by atoms with Crippen LogP contribution in [0.5, 0.6) is 23.0 Å². The van der Waals surface area contributed by atoms with Gasteiger partial charge in [-0.3, -0.25) is 24.0 Å². The van der Waals surface area contributed by atoms with Crippen LogP contribution in [0, 0.1) is 73.9 Å². The number of fused-ring (bicyclic) bond motifs is 21. The van der Waals surface area contributed by atoms with Crippen molar-refractivity contribution in [2.24, 2.45) is 73.9 Å². The maximum absolute atomic E-state index is 17.7. The second kappa shape index (κ2) is 37.8. The van der Waals surface area contributed by atoms with E-state index in [-0.39, 0.29) is 80.5 Å². The maximum Gasteiger partial charge on any atom is 0.193 e. The van der Waals surface area contributed by atoms with Crippen molar-refractivity contribution in [3.05, 3.63) is 262 Å². The number of Topliss-reactive ketones (excluding diaryl/α,β-unsaturated/α-hetero) is 3. The van der Waals surface area contributed by atoms with Gasteiger partial charge in [-0.2, -0.15) is 0 Å². The monoisotopic (exact) mass is 2010 g/mol. The quantitative estimate of drug-likeness (QED) is 0.0293. The molecule has 9 saturated carbocycles. The Labute approximate surface area is 849 Å². The molecule has 0 unspecified atom stereocenters. The van der Waals surface area contributed by atoms with E-state index in [0.717, 1.165) is 63.7 Å². The lowest BCUT2D eigenvalue weighted by atomic mass is 9.44. The predicted octanol–water partition coefficient (Wildman–Crippen LogP) is 18.8. The van der Waals surface area contributed by atoms with E-state index in [1.165, 1.54) is 29.9 Å². The fourth-order valence-electron chi connectivity index (χ4n) is 29.9. The summed E-state index contributed by atoms with van der Waals surface area (Å²) in [5.41, 5.74) is -9.37. The Balaban J connectivity index is 0.000000138. The van der Waals surface area contributed by atoms with Crippen molar-refractivity contribution in [1.29, 1.82) is 0 Å². The number of halogens is 6. The number of aliphatic hydroxyl groups excluding tert-OH is 6. The number of nitrogens with zero attached hydrogens (tertiary/aromatic N) is 1. The highest BCUT2D eigenvalue weighted by Crippen LogP contribution is 2.78. The molecule has 12 fully saturated rings. The van der Waals surface area contributed by atoms with Crippen molar-refractivity contribution in [1.82, 2.24) is 0 Å². The van der Waals surface area contributed by atoms with Crippen molar-refractivity contribution in [2.45, 2.75) is 280 Å². The van der Waals surface area contributed by atoms with E-state index >= 15 is 26.3 Å². The minimum absolute atomic E-state index is 0.0380. The van der Waals surface area contributed by atoms with Crippen LogP contribution in [-0.4, -0.2) is 202 Å². The second-order valence-electron chi connectivity index (χ2n) is 45.9. The zero-order valence-corrected chi connectivity index (χ0v) is 85.4. The number of hydrogen-bond acceptors (Lipinski definition) is 22. The number of nitrogens with one attached hydrogen (secondary N) is 1. The van der Waals surface area contributed by atoms with Crippen molar-refractivity contribution in [2.75, 3.05) is 51.3 Å². The van der Waals surface area contributed by atoms with Gasteiger partial charge in [-0.1, -0.05) is 157 Å². The summed E-state index contributed by atoms with van der Waals surface area (Å²) in [7, 11) is 5.35. The first-order valence-corrected chi connectivity index (χ1v) is 51.5. The molecule has 6 aromatic carbocycles. The van der Waals surface area contributed by atoms with Gasteiger partial charge in [0, 0.05) is 86.1 Å². The Hall–Kier alpha value is -10.1. The SMILES string of the molecule is C=C1C=C[C@@]2(C)C(=C1)[C@@H](F)C[C@H]1[C@@H]3C[C@H]4O[C@@H](c5ccc(Oc6ccc(CC(C)C)cc6)cc5)O[C@@]4(C(=O)CO)[C@@]3(C)C[C@H](O)[C@@]12F.COc1cc(Cc2ccc([C@@H]3O[C@@H]4C[C@H]5[C@@H]6C[C@H](F)C7=CC(=O)C=C[C@]7(C)[C@@]6(F)[C@@H](O)C[C@]5(C)[C@]4(C(=O)CO)O3)cc2)ccc1N(C)C(C)C.COc1cc(Cc2ccc([C@@H]3O[C@@H]4C[C@H]5[C@@H]6C[C@H](F)C7=CC(=O)C=C[C@]7(C)[C@@]6(F)[C@@H](O)C[C@]5(C)[C@]4(C(=O)CO)O3)cc2)ccc1NC(C)C. The third-order valence-electron chi connectivity index (χ3n) is 37.3. The van der Waals surface area contributed by atoms with Crippen LogP contribution in [0.2, 0.25) is 0 Å². The summed E-state index contributed by atoms with van der Waals surface area (Å²) in [6, 6.07) is 43.5. The number of carbonyl (C=O) groups excluding carboxylic acids is 5. The summed E-state index contributed by atoms with van der Waals surface area (Å²) >= 11 is 0. The lowest BCUT2D eigenvalue weighted by Crippen LogP contribution is -2.70. The van der Waals surface area contributed by atoms with Crippen molar-refractivity contribution in [3.63, 3.8) is 0 Å². The fourth-order valence-corrected chi connectivity index (χ4v) is 29.9. The van der Waals surface area contributed by atoms with Gasteiger partial charge in [0.25, 0.3) is 0 Å². The van der Waals surface area contributed by atoms with Gasteiger partial charge in [-0.25, -0.2) is 26.3 Å². The summed E-state index contributed by atoms with van der Waals surface area (Å²) in [5.74, 6) is -3.83. The van der Waals surface area contributed by atoms with Gasteiger partial charge < -0.3 is 83.5 Å². The molecule has 0 amide bonds. The molecule has 0 radical (unpaired) electrons. The van der Waals surface area contributed by atoms with Gasteiger partial charge in [0.15, 0.2) is 81.6 Å². The summed E-state index contributed by atoms with van der Waals surface area (Å²) in [6.45, 7) is 24.3. The highest BCUT2D eigenvalue weighted by molar-refractivity contribution is 6.02. The highest BCUT2D eigenvalue weighted by Gasteiger charge is 2.84. The van der Waals surface area contributed by atoms with Crippen LogP contribution in [0.4, 0.5) is 37.7 Å². The van der Waals surface area contributed by atoms with E-state index in [1.54, 1.807) is 91.3 Å². The molecular formula is C118H136F6N2O20. The maximum atomic E-state index is 17.7. The minimum atomic E-state index is -2.30. The van der Waals surface area contributed by atoms with Crippen molar-refractivity contribution in [3.8, 4) is 23.0 Å². The van der Waals surface area contributed by atoms with E-state index in [2.05, 4.69) is 88.7 Å². The van der Waals surface area contributed by atoms with E-state index < -0.39 is 225 Å². The van der Waals surface area contributed by atoms with Crippen LogP contribution in [-0.2, 0) is 71.7 Å². The number of anilines is 2. The third kappa shape index (κ3) is 15.7. The first-order valence-electron chi connectivity index (χ1n) is 51.5. The lowest BCUT2D eigenvalue weighted by Gasteiger charge is -2.63. The lowest BCUT2D eigenvalue weighted by molar-refractivity contribution is -0.235. The number of hydrogen-bond donors (Lipinski definition) is 7. The zero-order chi connectivity index (χ0) is 105. The molecule has 3 aliphatic heterocycles. The molecule has 3 heterocycles. The molecule has 28 heteroatoms. The molecule has 22 nitrogen and oxygen atoms in total. The molecule has 780 valence electrons. The molecule has 3 saturated heterocycles. The molecule has 30 atom stereocenters. The highest BCUT2D eigenvalue weighted by atomic mass is 19.2. The van der Waals surface area contributed by atoms with E-state index in [1.807, 2.05) is 92.8 Å². The Morgan fingerprint density at radius 2 is 0.788 bits per heavy atom. The summed E-state index contributed by atoms with van der Waals surface area (Å²) < 4.78 is 157. The number of rotatable bonds is 23. The molecule has 0 bridgehead atoms. The van der Waals surface area contributed by atoms with Crippen LogP contribution in [0.15, 0.2) is 217 Å². The standard InChI is InChI=1S/C40H47F2NO7.C39H45F2NO7.C39H44F2O6/c1-22(2)43(5)31-12-9-24(16-32(31)48-6)15-23-7-10-25(11-8-23)36-49-35-19-27-28-18-30(41)29-17-26(45)13-14-37(29,3)39(28,42)33(46)20-38(27,4)40(35,50-36)34(47)21-44;1-21(2)42-30-11-8-23(15-31(30)47-5)14-22-6-9-24(10-7-22)35-48-34-18-26-27-17-29(40)28-16-25(44)12-13-36(28,3)38(27,41)32(45)19-37(26,4)39(34,49-35)33(46)20-43;1-22(2)16-24-6-10-26(11-7-24)45-27-12-8-25(9-13-27)35-46-34-19-28-29-18-31(40)30-17-23(3)14-15-36(30,4)38(29,41)32(43)20-37(28,5)39(34,47-35)33(44)21-42/h7-14,16-17,22,27-28,30,33,35-36,44,46H,15,18-21H2,1-6H3;6-13,15-16,21,26-27,29,32,34-35,42-43,45H,14,17-20H2,1-5H3;6-15,17,22,28-29,31-32,34-35,42-43H,3,16,18-21H2,1-2,4-5H3/t27-,28-,30-,33-,35+,36+,37-,38-,39-,40+;26-,27-,29-,32-,34+,35+,36-,37-,38-,39+;28-,29-,31-,32-,34+,35+,36-,37-,38-,39+/m000/s1. The number of methoxy groups -OCH3 is 2. The Bertz CT molecular complexity index is 6310. The van der Waals surface area contributed by atoms with Gasteiger partial charge in [0.05, 0.1) is 62.2 Å². The van der Waals surface area contributed by atoms with Crippen LogP contribution in [0.25, 0.3) is 0 Å². The summed E-state index contributed by atoms with van der Waals surface area (Å²) in [6.07, 6.45) is -0.405. The molecular weight excluding hydrogens is 1880 g/mol. The number of ether oxygens (including phenoxy) is 9. The van der Waals surface area contributed by atoms with Gasteiger partial charge in [0.1, 0.15) is 61.3 Å². The number of aliphatic hydroxyl groups is 6. The second-order valence-corrected chi connectivity index (χ2v) is 45.9. The van der Waals surface area contributed by atoms with Crippen molar-refractivity contribution < 1.29 is 124 Å². The van der Waals surface area contributed by atoms with Gasteiger partial charge in [-0.05, 0) is 272 Å². The molecule has 12 aliphatic carbocycles. The largest absolute Gasteiger partial charge is 0.495 e. The molecule has 0 spiro atoms. The van der Waals surface area contributed by atoms with Gasteiger partial charge in [0.2, 0.25) is 0 Å². The predicted molar refractivity (Wildman–Crippen MR) is 535 cm³/mol. The van der Waals surface area contributed by atoms with E-state index in [0.29, 0.717) is 58.6 Å². The normalized spacial score (nSPS) is 39.4. The molecule has 146 heavy (non-hydrogen) atoms. The Morgan fingerprint density at radius 3 is 1.14 bits per heavy atom. The smallest absolute Gasteiger partial charge is 0.193 e. The topological polar surface area (TPSA) is 305 Å². The van der Waals surface area contributed by atoms with E-state index in [9.17, 15) is 54.6 Å². The average Bonchev–Trinajstić information content (AvgIpc) is 1.35. The first-order chi connectivity index (χ1) is 69.1. The summed E-state index contributed by atoms with van der Waals surface area (Å²) in [5, 5.41) is 69.3. The third-order valence-corrected chi connectivity index (χ3v) is 37.3. The first kappa shape index (κ1) is 104.